The number of nitrogens with two attached hydrogens (primary N) is 1. The number of nitrogen functional groups attached to an aromatic ring is 1. The second-order valence-corrected chi connectivity index (χ2v) is 11.2. The van der Waals surface area contributed by atoms with Crippen LogP contribution in [0.2, 0.25) is 0 Å². The predicted octanol–water partition coefficient (Wildman–Crippen LogP) is 3.95. The highest BCUT2D eigenvalue weighted by atomic mass is 19.1. The molecule has 4 aromatic heterocycles. The fourth-order valence-electron chi connectivity index (χ4n) is 6.55. The summed E-state index contributed by atoms with van der Waals surface area (Å²) in [6.45, 7) is 2.70. The first-order valence-electron chi connectivity index (χ1n) is 13.3. The highest BCUT2D eigenvalue weighted by Crippen LogP contribution is 2.66. The van der Waals surface area contributed by atoms with E-state index in [1.54, 1.807) is 28.9 Å². The van der Waals surface area contributed by atoms with Gasteiger partial charge in [0.25, 0.3) is 5.91 Å². The maximum atomic E-state index is 13.8. The van der Waals surface area contributed by atoms with Gasteiger partial charge in [-0.1, -0.05) is 0 Å². The van der Waals surface area contributed by atoms with E-state index in [9.17, 15) is 13.6 Å². The molecule has 8 rings (SSSR count). The minimum atomic E-state index is -0.384. The second kappa shape index (κ2) is 8.82. The summed E-state index contributed by atoms with van der Waals surface area (Å²) in [5.74, 6) is -0.473. The number of nitrogens with zero attached hydrogens (tertiary/aromatic N) is 5. The zero-order chi connectivity index (χ0) is 27.6. The van der Waals surface area contributed by atoms with E-state index in [-0.39, 0.29) is 40.9 Å². The van der Waals surface area contributed by atoms with E-state index in [4.69, 9.17) is 5.73 Å². The van der Waals surface area contributed by atoms with Crippen molar-refractivity contribution >= 4 is 23.0 Å². The van der Waals surface area contributed by atoms with E-state index in [0.29, 0.717) is 29.1 Å². The zero-order valence-electron chi connectivity index (χ0n) is 21.9. The number of hydrogen-bond acceptors (Lipinski definition) is 6. The smallest absolute Gasteiger partial charge is 0.271 e. The van der Waals surface area contributed by atoms with E-state index in [1.807, 2.05) is 29.7 Å². The number of benzene rings is 1. The summed E-state index contributed by atoms with van der Waals surface area (Å²) in [7, 11) is 0. The van der Waals surface area contributed by atoms with Crippen molar-refractivity contribution in [1.82, 2.24) is 34.4 Å². The molecule has 3 aliphatic rings. The Morgan fingerprint density at radius 2 is 1.80 bits per heavy atom. The first kappa shape index (κ1) is 24.6. The third kappa shape index (κ3) is 3.83. The van der Waals surface area contributed by atoms with Gasteiger partial charge in [-0.2, -0.15) is 0 Å². The Kier molecular flexibility index (Phi) is 5.43. The molecular formula is C29H28F2N8O. The molecule has 5 aromatic rings. The highest BCUT2D eigenvalue weighted by molar-refractivity contribution is 5.95. The molecule has 1 aromatic carbocycles. The van der Waals surface area contributed by atoms with E-state index in [1.165, 1.54) is 12.1 Å². The monoisotopic (exact) mass is 542 g/mol. The summed E-state index contributed by atoms with van der Waals surface area (Å²) < 4.78 is 30.0. The van der Waals surface area contributed by atoms with Gasteiger partial charge in [-0.25, -0.2) is 23.7 Å². The van der Waals surface area contributed by atoms with Gasteiger partial charge in [0.1, 0.15) is 23.8 Å². The van der Waals surface area contributed by atoms with Gasteiger partial charge < -0.3 is 20.8 Å². The van der Waals surface area contributed by atoms with E-state index in [0.717, 1.165) is 42.7 Å². The lowest BCUT2D eigenvalue weighted by molar-refractivity contribution is -0.144. The molecule has 3 aliphatic carbocycles. The molecule has 0 unspecified atom stereocenters. The lowest BCUT2D eigenvalue weighted by Crippen LogP contribution is -2.76. The first-order chi connectivity index (χ1) is 19.3. The lowest BCUT2D eigenvalue weighted by Gasteiger charge is -2.70. The van der Waals surface area contributed by atoms with Crippen LogP contribution in [-0.4, -0.2) is 55.0 Å². The van der Waals surface area contributed by atoms with Gasteiger partial charge >= 0.3 is 0 Å². The number of aromatic nitrogens is 5. The molecule has 0 spiro atoms. The van der Waals surface area contributed by atoms with Crippen LogP contribution in [0.3, 0.4) is 0 Å². The van der Waals surface area contributed by atoms with Crippen LogP contribution in [0.1, 0.15) is 35.4 Å². The molecule has 2 bridgehead atoms. The number of aryl methyl sites for hydroxylation is 1. The molecule has 3 saturated carbocycles. The Morgan fingerprint density at radius 1 is 1.05 bits per heavy atom. The Labute approximate surface area is 228 Å². The number of halogens is 2. The minimum absolute atomic E-state index is 0.150. The van der Waals surface area contributed by atoms with Crippen molar-refractivity contribution in [3.05, 3.63) is 72.2 Å². The van der Waals surface area contributed by atoms with Gasteiger partial charge in [0.05, 0.1) is 11.4 Å². The van der Waals surface area contributed by atoms with Gasteiger partial charge in [-0.3, -0.25) is 9.20 Å². The molecule has 4 N–H and O–H groups in total. The number of hydrogen-bond donors (Lipinski definition) is 3. The molecule has 3 fully saturated rings. The van der Waals surface area contributed by atoms with Crippen molar-refractivity contribution in [3.8, 4) is 22.5 Å². The highest BCUT2D eigenvalue weighted by Gasteiger charge is 2.68. The fourth-order valence-corrected chi connectivity index (χ4v) is 6.55. The standard InChI is InChI=1S/C29H28F2N8O/c1-17-10-34-22-7-4-19(11-38(17)22)24-23(18-2-5-20(31)6-3-18)36-25(32)26-35-21(12-39(24)26)27(40)37-29-13-28(14-29,15-29)16-33-9-8-30/h2-7,10-12,33H,8-9,13-16H2,1H3,(H2,32,36)(H,37,40). The lowest BCUT2D eigenvalue weighted by atomic mass is 9.39. The summed E-state index contributed by atoms with van der Waals surface area (Å²) in [6, 6.07) is 9.89. The number of rotatable bonds is 8. The van der Waals surface area contributed by atoms with Gasteiger partial charge in [-0.05, 0) is 68.0 Å². The van der Waals surface area contributed by atoms with Crippen LogP contribution < -0.4 is 16.4 Å². The Bertz CT molecular complexity index is 1770. The number of anilines is 1. The maximum absolute atomic E-state index is 13.8. The summed E-state index contributed by atoms with van der Waals surface area (Å²) in [6.07, 6.45) is 8.03. The van der Waals surface area contributed by atoms with Crippen LogP contribution in [-0.2, 0) is 0 Å². The molecule has 40 heavy (non-hydrogen) atoms. The van der Waals surface area contributed by atoms with Gasteiger partial charge in [0, 0.05) is 54.0 Å². The van der Waals surface area contributed by atoms with Crippen molar-refractivity contribution in [3.63, 3.8) is 0 Å². The summed E-state index contributed by atoms with van der Waals surface area (Å²) in [5.41, 5.74) is 11.3. The third-order valence-corrected chi connectivity index (χ3v) is 8.24. The molecule has 9 nitrogen and oxygen atoms in total. The molecule has 0 radical (unpaired) electrons. The molecule has 1 amide bonds. The molecule has 0 saturated heterocycles. The van der Waals surface area contributed by atoms with Crippen molar-refractivity contribution in [2.24, 2.45) is 5.41 Å². The quantitative estimate of drug-likeness (QED) is 0.256. The van der Waals surface area contributed by atoms with Crippen LogP contribution in [0.4, 0.5) is 14.6 Å². The molecule has 0 atom stereocenters. The van der Waals surface area contributed by atoms with Crippen LogP contribution in [0, 0.1) is 18.2 Å². The molecule has 4 heterocycles. The van der Waals surface area contributed by atoms with Gasteiger partial charge in [0.15, 0.2) is 11.5 Å². The number of alkyl halides is 1. The molecular weight excluding hydrogens is 514 g/mol. The third-order valence-electron chi connectivity index (χ3n) is 8.24. The van der Waals surface area contributed by atoms with E-state index in [2.05, 4.69) is 25.6 Å². The topological polar surface area (TPSA) is 115 Å². The maximum Gasteiger partial charge on any atom is 0.271 e. The predicted molar refractivity (Wildman–Crippen MR) is 147 cm³/mol. The summed E-state index contributed by atoms with van der Waals surface area (Å²) in [5, 5.41) is 6.33. The number of imidazole rings is 2. The van der Waals surface area contributed by atoms with Crippen molar-refractivity contribution < 1.29 is 13.6 Å². The number of amides is 1. The van der Waals surface area contributed by atoms with Crippen LogP contribution in [0.15, 0.2) is 55.0 Å². The summed E-state index contributed by atoms with van der Waals surface area (Å²) >= 11 is 0. The van der Waals surface area contributed by atoms with Crippen LogP contribution in [0.5, 0.6) is 0 Å². The Hall–Kier alpha value is -4.38. The normalized spacial score (nSPS) is 21.4. The number of carbonyl (C=O) groups excluding carboxylic acids is 1. The fraction of sp³-hybridized carbons (Fsp3) is 0.310. The zero-order valence-corrected chi connectivity index (χ0v) is 21.9. The average Bonchev–Trinajstić information content (AvgIpc) is 3.51. The molecule has 204 valence electrons. The molecule has 11 heteroatoms. The number of nitrogens with one attached hydrogen (secondary N) is 2. The van der Waals surface area contributed by atoms with E-state index < -0.39 is 0 Å². The first-order valence-corrected chi connectivity index (χ1v) is 13.3. The van der Waals surface area contributed by atoms with E-state index >= 15 is 0 Å². The Morgan fingerprint density at radius 3 is 2.55 bits per heavy atom. The SMILES string of the molecule is Cc1cnc2ccc(-c3c(-c4ccc(F)cc4)nc(N)c4nc(C(=O)NC56CC(CNCCF)(C5)C6)cn34)cn12. The van der Waals surface area contributed by atoms with Crippen molar-refractivity contribution in [1.29, 1.82) is 0 Å². The molecule has 0 aliphatic heterocycles. The number of fused-ring (bicyclic) bond motifs is 2. The van der Waals surface area contributed by atoms with Crippen LogP contribution in [0.25, 0.3) is 33.8 Å². The number of carbonyl (C=O) groups is 1. The largest absolute Gasteiger partial charge is 0.381 e. The van der Waals surface area contributed by atoms with Crippen LogP contribution >= 0.6 is 0 Å². The van der Waals surface area contributed by atoms with Crippen molar-refractivity contribution in [2.75, 3.05) is 25.5 Å². The van der Waals surface area contributed by atoms with Gasteiger partial charge in [0.2, 0.25) is 0 Å². The second-order valence-electron chi connectivity index (χ2n) is 11.2. The minimum Gasteiger partial charge on any atom is -0.381 e. The van der Waals surface area contributed by atoms with Crippen molar-refractivity contribution in [2.45, 2.75) is 31.7 Å². The van der Waals surface area contributed by atoms with Gasteiger partial charge in [-0.15, -0.1) is 0 Å². The summed E-state index contributed by atoms with van der Waals surface area (Å²) in [4.78, 5) is 27.1. The average molecular weight is 543 g/mol. The number of pyridine rings is 1. The Balaban J connectivity index is 1.28.